The summed E-state index contributed by atoms with van der Waals surface area (Å²) in [5.41, 5.74) is 0.764. The third-order valence-corrected chi connectivity index (χ3v) is 3.14. The second-order valence-electron chi connectivity index (χ2n) is 4.75. The number of anilines is 1. The van der Waals surface area contributed by atoms with Gasteiger partial charge in [-0.15, -0.1) is 0 Å². The maximum absolute atomic E-state index is 11.8. The normalized spacial score (nSPS) is 12.1. The van der Waals surface area contributed by atoms with Crippen molar-refractivity contribution in [3.8, 4) is 0 Å². The molecule has 1 amide bonds. The van der Waals surface area contributed by atoms with Crippen LogP contribution in [0.25, 0.3) is 0 Å². The van der Waals surface area contributed by atoms with Gasteiger partial charge < -0.3 is 10.2 Å². The summed E-state index contributed by atoms with van der Waals surface area (Å²) >= 11 is 6.09. The molecule has 0 saturated carbocycles. The Morgan fingerprint density at radius 1 is 1.42 bits per heavy atom. The number of likely N-dealkylation sites (N-methyl/N-ethyl adjacent to an activating group) is 1. The number of hydrogen-bond acceptors (Lipinski definition) is 4. The number of nitrogens with zero attached hydrogens (tertiary/aromatic N) is 3. The first-order valence-corrected chi connectivity index (χ1v) is 6.75. The van der Waals surface area contributed by atoms with E-state index in [-0.39, 0.29) is 11.9 Å². The van der Waals surface area contributed by atoms with Crippen molar-refractivity contribution < 1.29 is 4.79 Å². The average Bonchev–Trinajstić information content (AvgIpc) is 2.34. The second-order valence-corrected chi connectivity index (χ2v) is 5.11. The Morgan fingerprint density at radius 3 is 2.58 bits per heavy atom. The highest BCUT2D eigenvalue weighted by atomic mass is 35.5. The molecule has 0 aliphatic carbocycles. The summed E-state index contributed by atoms with van der Waals surface area (Å²) in [7, 11) is 3.45. The van der Waals surface area contributed by atoms with Crippen molar-refractivity contribution >= 4 is 23.3 Å². The van der Waals surface area contributed by atoms with Crippen molar-refractivity contribution in [1.82, 2.24) is 14.9 Å². The fourth-order valence-corrected chi connectivity index (χ4v) is 1.85. The SMILES string of the molecule is CCCc1nc(Cl)c(C)c(NC(C)C(=O)N(C)C)n1. The standard InChI is InChI=1S/C13H21ClN4O/c1-6-7-10-16-11(14)8(2)12(17-10)15-9(3)13(19)18(4)5/h9H,6-7H2,1-5H3,(H,15,16,17). The van der Waals surface area contributed by atoms with Crippen molar-refractivity contribution in [2.24, 2.45) is 0 Å². The van der Waals surface area contributed by atoms with Gasteiger partial charge in [0.15, 0.2) is 0 Å². The van der Waals surface area contributed by atoms with Gasteiger partial charge in [-0.2, -0.15) is 0 Å². The molecule has 0 aliphatic heterocycles. The maximum Gasteiger partial charge on any atom is 0.244 e. The topological polar surface area (TPSA) is 58.1 Å². The monoisotopic (exact) mass is 284 g/mol. The van der Waals surface area contributed by atoms with Crippen LogP contribution in [0.5, 0.6) is 0 Å². The molecule has 0 bridgehead atoms. The highest BCUT2D eigenvalue weighted by Crippen LogP contribution is 2.21. The smallest absolute Gasteiger partial charge is 0.244 e. The lowest BCUT2D eigenvalue weighted by Gasteiger charge is -2.20. The molecule has 0 radical (unpaired) electrons. The molecule has 0 aliphatic rings. The summed E-state index contributed by atoms with van der Waals surface area (Å²) in [4.78, 5) is 22.0. The van der Waals surface area contributed by atoms with Gasteiger partial charge in [-0.1, -0.05) is 18.5 Å². The first-order chi connectivity index (χ1) is 8.86. The van der Waals surface area contributed by atoms with Gasteiger partial charge >= 0.3 is 0 Å². The van der Waals surface area contributed by atoms with E-state index in [1.165, 1.54) is 0 Å². The Morgan fingerprint density at radius 2 is 2.05 bits per heavy atom. The van der Waals surface area contributed by atoms with Crippen molar-refractivity contribution in [2.45, 2.75) is 39.7 Å². The lowest BCUT2D eigenvalue weighted by atomic mass is 10.2. The number of rotatable bonds is 5. The Bertz CT molecular complexity index is 462. The molecule has 0 saturated heterocycles. The van der Waals surface area contributed by atoms with E-state index in [2.05, 4.69) is 22.2 Å². The highest BCUT2D eigenvalue weighted by molar-refractivity contribution is 6.30. The molecule has 1 rings (SSSR count). The number of carbonyl (C=O) groups excluding carboxylic acids is 1. The fraction of sp³-hybridized carbons (Fsp3) is 0.615. The van der Waals surface area contributed by atoms with E-state index in [1.54, 1.807) is 25.9 Å². The molecule has 19 heavy (non-hydrogen) atoms. The molecule has 0 spiro atoms. The van der Waals surface area contributed by atoms with Gasteiger partial charge in [0.05, 0.1) is 0 Å². The zero-order valence-electron chi connectivity index (χ0n) is 12.1. The predicted octanol–water partition coefficient (Wildman–Crippen LogP) is 2.28. The number of carbonyl (C=O) groups is 1. The van der Waals surface area contributed by atoms with Crippen LogP contribution in [0.3, 0.4) is 0 Å². The summed E-state index contributed by atoms with van der Waals surface area (Å²) in [5.74, 6) is 1.32. The zero-order chi connectivity index (χ0) is 14.6. The van der Waals surface area contributed by atoms with Crippen LogP contribution >= 0.6 is 11.6 Å². The van der Waals surface area contributed by atoms with Gasteiger partial charge in [0.2, 0.25) is 5.91 Å². The van der Waals surface area contributed by atoms with Crippen LogP contribution in [-0.4, -0.2) is 40.9 Å². The van der Waals surface area contributed by atoms with Crippen molar-refractivity contribution in [3.05, 3.63) is 16.5 Å². The molecule has 1 atom stereocenters. The van der Waals surface area contributed by atoms with Crippen molar-refractivity contribution in [1.29, 1.82) is 0 Å². The Labute approximate surface area is 119 Å². The van der Waals surface area contributed by atoms with Gasteiger partial charge in [-0.3, -0.25) is 4.79 Å². The first-order valence-electron chi connectivity index (χ1n) is 6.37. The Hall–Kier alpha value is -1.36. The van der Waals surface area contributed by atoms with E-state index in [9.17, 15) is 4.79 Å². The first kappa shape index (κ1) is 15.7. The number of nitrogens with one attached hydrogen (secondary N) is 1. The second kappa shape index (κ2) is 6.70. The van der Waals surface area contributed by atoms with E-state index in [4.69, 9.17) is 11.6 Å². The van der Waals surface area contributed by atoms with Crippen LogP contribution in [0.15, 0.2) is 0 Å². The molecule has 1 aromatic rings. The average molecular weight is 285 g/mol. The molecule has 0 aromatic carbocycles. The Kier molecular flexibility index (Phi) is 5.54. The molecule has 6 heteroatoms. The molecule has 1 N–H and O–H groups in total. The van der Waals surface area contributed by atoms with Crippen molar-refractivity contribution in [3.63, 3.8) is 0 Å². The molecule has 1 unspecified atom stereocenters. The largest absolute Gasteiger partial charge is 0.358 e. The summed E-state index contributed by atoms with van der Waals surface area (Å²) in [6.45, 7) is 5.70. The minimum atomic E-state index is -0.353. The minimum absolute atomic E-state index is 0.00817. The van der Waals surface area contributed by atoms with Gasteiger partial charge in [0, 0.05) is 26.1 Å². The summed E-state index contributed by atoms with van der Waals surface area (Å²) in [5, 5.41) is 3.54. The quantitative estimate of drug-likeness (QED) is 0.843. The summed E-state index contributed by atoms with van der Waals surface area (Å²) < 4.78 is 0. The number of amides is 1. The van der Waals surface area contributed by atoms with E-state index in [0.29, 0.717) is 16.8 Å². The van der Waals surface area contributed by atoms with E-state index in [0.717, 1.165) is 18.4 Å². The lowest BCUT2D eigenvalue weighted by Crippen LogP contribution is -2.37. The van der Waals surface area contributed by atoms with Crippen LogP contribution in [0, 0.1) is 6.92 Å². The number of aromatic nitrogens is 2. The predicted molar refractivity (Wildman–Crippen MR) is 77.6 cm³/mol. The molecule has 0 fully saturated rings. The van der Waals surface area contributed by atoms with Crippen molar-refractivity contribution in [2.75, 3.05) is 19.4 Å². The lowest BCUT2D eigenvalue weighted by molar-refractivity contribution is -0.129. The molecular weight excluding hydrogens is 264 g/mol. The number of aryl methyl sites for hydroxylation is 1. The van der Waals surface area contributed by atoms with Crippen LogP contribution in [-0.2, 0) is 11.2 Å². The van der Waals surface area contributed by atoms with E-state index >= 15 is 0 Å². The molecule has 1 heterocycles. The third-order valence-electron chi connectivity index (χ3n) is 2.77. The van der Waals surface area contributed by atoms with Gasteiger partial charge in [0.25, 0.3) is 0 Å². The van der Waals surface area contributed by atoms with E-state index in [1.807, 2.05) is 6.92 Å². The summed E-state index contributed by atoms with van der Waals surface area (Å²) in [6.07, 6.45) is 1.72. The zero-order valence-corrected chi connectivity index (χ0v) is 12.9. The minimum Gasteiger partial charge on any atom is -0.358 e. The third kappa shape index (κ3) is 4.06. The summed E-state index contributed by atoms with van der Waals surface area (Å²) in [6, 6.07) is -0.353. The van der Waals surface area contributed by atoms with Crippen LogP contribution in [0.2, 0.25) is 5.15 Å². The maximum atomic E-state index is 11.8. The number of hydrogen-bond donors (Lipinski definition) is 1. The van der Waals surface area contributed by atoms with Crippen LogP contribution < -0.4 is 5.32 Å². The van der Waals surface area contributed by atoms with Gasteiger partial charge in [-0.25, -0.2) is 9.97 Å². The van der Waals surface area contributed by atoms with E-state index < -0.39 is 0 Å². The van der Waals surface area contributed by atoms with Gasteiger partial charge in [0.1, 0.15) is 22.8 Å². The Balaban J connectivity index is 2.96. The van der Waals surface area contributed by atoms with Crippen LogP contribution in [0.4, 0.5) is 5.82 Å². The van der Waals surface area contributed by atoms with Crippen LogP contribution in [0.1, 0.15) is 31.7 Å². The fourth-order valence-electron chi connectivity index (χ4n) is 1.66. The number of halogens is 1. The molecule has 1 aromatic heterocycles. The molecular formula is C13H21ClN4O. The van der Waals surface area contributed by atoms with Gasteiger partial charge in [-0.05, 0) is 20.3 Å². The molecule has 5 nitrogen and oxygen atoms in total. The highest BCUT2D eigenvalue weighted by Gasteiger charge is 2.17. The molecule has 106 valence electrons.